The minimum Gasteiger partial charge on any atom is -0.497 e. The first-order valence-electron chi connectivity index (χ1n) is 7.05. The van der Waals surface area contributed by atoms with Crippen molar-refractivity contribution in [2.24, 2.45) is 0 Å². The minimum absolute atomic E-state index is 0.252. The van der Waals surface area contributed by atoms with Gasteiger partial charge in [-0.2, -0.15) is 0 Å². The third-order valence-electron chi connectivity index (χ3n) is 3.42. The number of rotatable bonds is 5. The van der Waals surface area contributed by atoms with Crippen LogP contribution in [-0.2, 0) is 6.42 Å². The highest BCUT2D eigenvalue weighted by Crippen LogP contribution is 2.21. The molecule has 112 valence electrons. The standard InChI is InChI=1S/C17H16ClN3O/c1-22-13-6-4-5-12(11-13)9-10-19-16-14-7-2-3-8-15(14)20-17(18)21-16/h2-8,11H,9-10H2,1H3,(H,19,20,21). The Balaban J connectivity index is 1.74. The number of ether oxygens (including phenoxy) is 1. The van der Waals surface area contributed by atoms with Gasteiger partial charge in [-0.15, -0.1) is 0 Å². The maximum absolute atomic E-state index is 5.98. The second-order valence-corrected chi connectivity index (χ2v) is 5.22. The molecule has 22 heavy (non-hydrogen) atoms. The lowest BCUT2D eigenvalue weighted by atomic mass is 10.1. The summed E-state index contributed by atoms with van der Waals surface area (Å²) in [5, 5.41) is 4.56. The fourth-order valence-electron chi connectivity index (χ4n) is 2.34. The average molecular weight is 314 g/mol. The summed E-state index contributed by atoms with van der Waals surface area (Å²) in [6, 6.07) is 15.9. The van der Waals surface area contributed by atoms with Crippen LogP contribution in [0.4, 0.5) is 5.82 Å². The number of hydrogen-bond donors (Lipinski definition) is 1. The molecule has 3 rings (SSSR count). The molecule has 3 aromatic rings. The van der Waals surface area contributed by atoms with E-state index in [1.54, 1.807) is 7.11 Å². The first-order chi connectivity index (χ1) is 10.8. The van der Waals surface area contributed by atoms with Gasteiger partial charge in [0, 0.05) is 11.9 Å². The number of fused-ring (bicyclic) bond motifs is 1. The molecule has 2 aromatic carbocycles. The molecule has 0 atom stereocenters. The van der Waals surface area contributed by atoms with E-state index < -0.39 is 0 Å². The molecule has 1 heterocycles. The zero-order valence-electron chi connectivity index (χ0n) is 12.2. The molecule has 0 spiro atoms. The van der Waals surface area contributed by atoms with Crippen LogP contribution in [-0.4, -0.2) is 23.6 Å². The third-order valence-corrected chi connectivity index (χ3v) is 3.59. The van der Waals surface area contributed by atoms with Crippen molar-refractivity contribution in [2.45, 2.75) is 6.42 Å². The van der Waals surface area contributed by atoms with Crippen molar-refractivity contribution in [3.05, 3.63) is 59.4 Å². The second-order valence-electron chi connectivity index (χ2n) is 4.89. The molecule has 5 heteroatoms. The highest BCUT2D eigenvalue weighted by molar-refractivity contribution is 6.28. The molecule has 0 saturated carbocycles. The fraction of sp³-hybridized carbons (Fsp3) is 0.176. The first kappa shape index (κ1) is 14.6. The number of nitrogens with zero attached hydrogens (tertiary/aromatic N) is 2. The van der Waals surface area contributed by atoms with Crippen molar-refractivity contribution in [2.75, 3.05) is 19.0 Å². The first-order valence-corrected chi connectivity index (χ1v) is 7.43. The van der Waals surface area contributed by atoms with Crippen molar-refractivity contribution in [3.63, 3.8) is 0 Å². The van der Waals surface area contributed by atoms with E-state index in [2.05, 4.69) is 21.4 Å². The van der Waals surface area contributed by atoms with Gasteiger partial charge in [-0.1, -0.05) is 24.3 Å². The van der Waals surface area contributed by atoms with E-state index in [0.717, 1.165) is 35.4 Å². The van der Waals surface area contributed by atoms with Crippen LogP contribution in [0.3, 0.4) is 0 Å². The number of halogens is 1. The summed E-state index contributed by atoms with van der Waals surface area (Å²) < 4.78 is 5.23. The van der Waals surface area contributed by atoms with Gasteiger partial charge in [0.05, 0.1) is 12.6 Å². The monoisotopic (exact) mass is 313 g/mol. The zero-order valence-corrected chi connectivity index (χ0v) is 13.0. The SMILES string of the molecule is COc1cccc(CCNc2nc(Cl)nc3ccccc23)c1. The maximum atomic E-state index is 5.98. The molecule has 0 aliphatic carbocycles. The van der Waals surface area contributed by atoms with E-state index in [1.165, 1.54) is 5.56 Å². The molecule has 0 saturated heterocycles. The van der Waals surface area contributed by atoms with Crippen molar-refractivity contribution in [3.8, 4) is 5.75 Å². The number of nitrogens with one attached hydrogen (secondary N) is 1. The maximum Gasteiger partial charge on any atom is 0.224 e. The summed E-state index contributed by atoms with van der Waals surface area (Å²) in [5.74, 6) is 1.63. The Bertz CT molecular complexity index is 792. The molecular formula is C17H16ClN3O. The Morgan fingerprint density at radius 3 is 2.82 bits per heavy atom. The molecule has 0 radical (unpaired) electrons. The lowest BCUT2D eigenvalue weighted by molar-refractivity contribution is 0.414. The molecule has 0 bridgehead atoms. The largest absolute Gasteiger partial charge is 0.497 e. The van der Waals surface area contributed by atoms with Crippen LogP contribution in [0.15, 0.2) is 48.5 Å². The van der Waals surface area contributed by atoms with Crippen LogP contribution in [0.5, 0.6) is 5.75 Å². The highest BCUT2D eigenvalue weighted by atomic mass is 35.5. The number of hydrogen-bond acceptors (Lipinski definition) is 4. The summed E-state index contributed by atoms with van der Waals surface area (Å²) >= 11 is 5.98. The number of para-hydroxylation sites is 1. The van der Waals surface area contributed by atoms with Gasteiger partial charge in [-0.25, -0.2) is 9.97 Å². The van der Waals surface area contributed by atoms with E-state index in [0.29, 0.717) is 0 Å². The molecule has 0 unspecified atom stereocenters. The quantitative estimate of drug-likeness (QED) is 0.725. The van der Waals surface area contributed by atoms with Crippen LogP contribution in [0.25, 0.3) is 10.9 Å². The van der Waals surface area contributed by atoms with Gasteiger partial charge in [-0.3, -0.25) is 0 Å². The molecular weight excluding hydrogens is 298 g/mol. The molecule has 1 N–H and O–H groups in total. The smallest absolute Gasteiger partial charge is 0.224 e. The summed E-state index contributed by atoms with van der Waals surface area (Å²) in [5.41, 5.74) is 2.04. The van der Waals surface area contributed by atoms with Crippen molar-refractivity contribution >= 4 is 28.3 Å². The lowest BCUT2D eigenvalue weighted by Gasteiger charge is -2.09. The Morgan fingerprint density at radius 2 is 1.95 bits per heavy atom. The Hall–Kier alpha value is -2.33. The minimum atomic E-state index is 0.252. The van der Waals surface area contributed by atoms with Gasteiger partial charge < -0.3 is 10.1 Å². The Labute approximate surface area is 134 Å². The molecule has 0 aliphatic heterocycles. The van der Waals surface area contributed by atoms with E-state index in [-0.39, 0.29) is 5.28 Å². The summed E-state index contributed by atoms with van der Waals surface area (Å²) in [6.07, 6.45) is 0.868. The van der Waals surface area contributed by atoms with Gasteiger partial charge >= 0.3 is 0 Å². The van der Waals surface area contributed by atoms with Gasteiger partial charge in [0.15, 0.2) is 0 Å². The summed E-state index contributed by atoms with van der Waals surface area (Å²) in [7, 11) is 1.67. The molecule has 0 amide bonds. The average Bonchev–Trinajstić information content (AvgIpc) is 2.55. The topological polar surface area (TPSA) is 47.0 Å². The number of aromatic nitrogens is 2. The second kappa shape index (κ2) is 6.62. The Morgan fingerprint density at radius 1 is 1.09 bits per heavy atom. The van der Waals surface area contributed by atoms with Crippen LogP contribution in [0.2, 0.25) is 5.28 Å². The molecule has 1 aromatic heterocycles. The predicted octanol–water partition coefficient (Wildman–Crippen LogP) is 3.95. The third kappa shape index (κ3) is 3.28. The number of benzene rings is 2. The molecule has 0 fully saturated rings. The lowest BCUT2D eigenvalue weighted by Crippen LogP contribution is -2.07. The van der Waals surface area contributed by atoms with Crippen LogP contribution in [0, 0.1) is 0 Å². The van der Waals surface area contributed by atoms with Crippen molar-refractivity contribution in [1.82, 2.24) is 9.97 Å². The van der Waals surface area contributed by atoms with E-state index in [9.17, 15) is 0 Å². The Kier molecular flexibility index (Phi) is 4.39. The van der Waals surface area contributed by atoms with Crippen LogP contribution < -0.4 is 10.1 Å². The normalized spacial score (nSPS) is 10.6. The van der Waals surface area contributed by atoms with E-state index in [4.69, 9.17) is 16.3 Å². The highest BCUT2D eigenvalue weighted by Gasteiger charge is 2.05. The number of anilines is 1. The van der Waals surface area contributed by atoms with Crippen molar-refractivity contribution < 1.29 is 4.74 Å². The van der Waals surface area contributed by atoms with Crippen molar-refractivity contribution in [1.29, 1.82) is 0 Å². The summed E-state index contributed by atoms with van der Waals surface area (Å²) in [6.45, 7) is 0.754. The van der Waals surface area contributed by atoms with Gasteiger partial charge in [0.2, 0.25) is 5.28 Å². The van der Waals surface area contributed by atoms with Gasteiger partial charge in [-0.05, 0) is 47.9 Å². The predicted molar refractivity (Wildman–Crippen MR) is 89.7 cm³/mol. The van der Waals surface area contributed by atoms with Crippen LogP contribution in [0.1, 0.15) is 5.56 Å². The molecule has 4 nitrogen and oxygen atoms in total. The van der Waals surface area contributed by atoms with E-state index >= 15 is 0 Å². The fourth-order valence-corrected chi connectivity index (χ4v) is 2.51. The van der Waals surface area contributed by atoms with Crippen LogP contribution >= 0.6 is 11.6 Å². The number of methoxy groups -OCH3 is 1. The van der Waals surface area contributed by atoms with Gasteiger partial charge in [0.1, 0.15) is 11.6 Å². The molecule has 0 aliphatic rings. The zero-order chi connectivity index (χ0) is 15.4. The van der Waals surface area contributed by atoms with E-state index in [1.807, 2.05) is 42.5 Å². The van der Waals surface area contributed by atoms with Gasteiger partial charge in [0.25, 0.3) is 0 Å². The summed E-state index contributed by atoms with van der Waals surface area (Å²) in [4.78, 5) is 8.51.